The summed E-state index contributed by atoms with van der Waals surface area (Å²) in [4.78, 5) is 34.5. The molecule has 0 radical (unpaired) electrons. The van der Waals surface area contributed by atoms with Crippen LogP contribution in [0.3, 0.4) is 0 Å². The SMILES string of the molecule is CCOC(=O)[C@@H]1CCCN(c2nc3c(-c4cccc(C)c4)csc3c(=O)[nH]2)C1. The van der Waals surface area contributed by atoms with E-state index in [9.17, 15) is 9.59 Å². The lowest BCUT2D eigenvalue weighted by molar-refractivity contribution is -0.148. The number of aryl methyl sites for hydroxylation is 1. The first-order chi connectivity index (χ1) is 13.6. The second-order valence-electron chi connectivity index (χ2n) is 7.12. The first-order valence-corrected chi connectivity index (χ1v) is 10.4. The van der Waals surface area contributed by atoms with Crippen molar-refractivity contribution in [3.8, 4) is 11.1 Å². The van der Waals surface area contributed by atoms with Crippen LogP contribution in [0, 0.1) is 12.8 Å². The Bertz CT molecular complexity index is 1070. The van der Waals surface area contributed by atoms with Gasteiger partial charge in [-0.2, -0.15) is 0 Å². The van der Waals surface area contributed by atoms with Gasteiger partial charge in [0.25, 0.3) is 5.56 Å². The highest BCUT2D eigenvalue weighted by atomic mass is 32.1. The number of aromatic nitrogens is 2. The highest BCUT2D eigenvalue weighted by Gasteiger charge is 2.28. The van der Waals surface area contributed by atoms with Crippen LogP contribution in [-0.2, 0) is 9.53 Å². The number of esters is 1. The van der Waals surface area contributed by atoms with Gasteiger partial charge >= 0.3 is 5.97 Å². The lowest BCUT2D eigenvalue weighted by atomic mass is 9.98. The molecule has 4 rings (SSSR count). The second kappa shape index (κ2) is 7.75. The average molecular weight is 398 g/mol. The molecule has 0 saturated carbocycles. The van der Waals surface area contributed by atoms with E-state index in [0.717, 1.165) is 36.1 Å². The molecule has 1 N–H and O–H groups in total. The molecule has 1 aromatic carbocycles. The zero-order chi connectivity index (χ0) is 19.7. The smallest absolute Gasteiger partial charge is 0.310 e. The number of carbonyl (C=O) groups excluding carboxylic acids is 1. The highest BCUT2D eigenvalue weighted by molar-refractivity contribution is 7.17. The summed E-state index contributed by atoms with van der Waals surface area (Å²) >= 11 is 1.41. The van der Waals surface area contributed by atoms with Crippen molar-refractivity contribution in [2.45, 2.75) is 26.7 Å². The fourth-order valence-electron chi connectivity index (χ4n) is 3.71. The first-order valence-electron chi connectivity index (χ1n) is 9.57. The first kappa shape index (κ1) is 18.7. The molecule has 1 aliphatic rings. The van der Waals surface area contributed by atoms with E-state index >= 15 is 0 Å². The molecule has 0 aliphatic carbocycles. The van der Waals surface area contributed by atoms with Crippen LogP contribution >= 0.6 is 11.3 Å². The minimum atomic E-state index is -0.187. The number of rotatable bonds is 4. The fourth-order valence-corrected chi connectivity index (χ4v) is 4.61. The molecule has 0 amide bonds. The van der Waals surface area contributed by atoms with E-state index < -0.39 is 0 Å². The molecular weight excluding hydrogens is 374 g/mol. The van der Waals surface area contributed by atoms with Crippen molar-refractivity contribution in [2.24, 2.45) is 5.92 Å². The number of hydrogen-bond donors (Lipinski definition) is 1. The second-order valence-corrected chi connectivity index (χ2v) is 8.00. The van der Waals surface area contributed by atoms with Crippen LogP contribution in [0.1, 0.15) is 25.3 Å². The Hall–Kier alpha value is -2.67. The zero-order valence-corrected chi connectivity index (χ0v) is 16.8. The number of nitrogens with zero attached hydrogens (tertiary/aromatic N) is 2. The van der Waals surface area contributed by atoms with Gasteiger partial charge in [-0.3, -0.25) is 14.6 Å². The maximum absolute atomic E-state index is 12.7. The fraction of sp³-hybridized carbons (Fsp3) is 0.381. The minimum Gasteiger partial charge on any atom is -0.466 e. The van der Waals surface area contributed by atoms with E-state index in [1.54, 1.807) is 0 Å². The summed E-state index contributed by atoms with van der Waals surface area (Å²) < 4.78 is 5.80. The van der Waals surface area contributed by atoms with Crippen LogP contribution < -0.4 is 10.5 Å². The predicted molar refractivity (Wildman–Crippen MR) is 112 cm³/mol. The number of fused-ring (bicyclic) bond motifs is 1. The Morgan fingerprint density at radius 2 is 2.29 bits per heavy atom. The van der Waals surface area contributed by atoms with Gasteiger partial charge in [-0.1, -0.05) is 29.8 Å². The van der Waals surface area contributed by atoms with Crippen molar-refractivity contribution in [1.29, 1.82) is 0 Å². The number of hydrogen-bond acceptors (Lipinski definition) is 6. The lowest BCUT2D eigenvalue weighted by Crippen LogP contribution is -2.40. The number of thiophene rings is 1. The summed E-state index contributed by atoms with van der Waals surface area (Å²) in [6.07, 6.45) is 1.66. The van der Waals surface area contributed by atoms with E-state index in [2.05, 4.69) is 11.1 Å². The van der Waals surface area contributed by atoms with Gasteiger partial charge < -0.3 is 9.64 Å². The zero-order valence-electron chi connectivity index (χ0n) is 16.0. The van der Waals surface area contributed by atoms with Crippen LogP contribution in [0.5, 0.6) is 0 Å². The molecule has 0 bridgehead atoms. The molecule has 3 heterocycles. The largest absolute Gasteiger partial charge is 0.466 e. The van der Waals surface area contributed by atoms with Crippen molar-refractivity contribution in [1.82, 2.24) is 9.97 Å². The number of nitrogens with one attached hydrogen (secondary N) is 1. The van der Waals surface area contributed by atoms with Crippen molar-refractivity contribution in [3.05, 3.63) is 45.6 Å². The molecule has 6 nitrogen and oxygen atoms in total. The minimum absolute atomic E-state index is 0.137. The van der Waals surface area contributed by atoms with Crippen molar-refractivity contribution in [3.63, 3.8) is 0 Å². The molecule has 3 aromatic rings. The maximum atomic E-state index is 12.7. The van der Waals surface area contributed by atoms with Gasteiger partial charge in [0, 0.05) is 24.0 Å². The van der Waals surface area contributed by atoms with E-state index in [0.29, 0.717) is 29.3 Å². The van der Waals surface area contributed by atoms with Crippen LogP contribution in [0.4, 0.5) is 5.95 Å². The van der Waals surface area contributed by atoms with E-state index in [1.807, 2.05) is 42.3 Å². The van der Waals surface area contributed by atoms with E-state index in [1.165, 1.54) is 11.3 Å². The molecule has 1 aliphatic heterocycles. The number of aromatic amines is 1. The Balaban J connectivity index is 1.71. The number of ether oxygens (including phenoxy) is 1. The number of benzene rings is 1. The lowest BCUT2D eigenvalue weighted by Gasteiger charge is -2.31. The summed E-state index contributed by atoms with van der Waals surface area (Å²) in [6, 6.07) is 8.19. The molecule has 7 heteroatoms. The van der Waals surface area contributed by atoms with Gasteiger partial charge in [0.2, 0.25) is 5.95 Å². The standard InChI is InChI=1S/C21H23N3O3S/c1-3-27-20(26)15-8-5-9-24(11-15)21-22-17-16(12-28-18(17)19(25)23-21)14-7-4-6-13(2)10-14/h4,6-7,10,12,15H,3,5,8-9,11H2,1-2H3,(H,22,23,25)/t15-/m1/s1. The number of piperidine rings is 1. The molecule has 28 heavy (non-hydrogen) atoms. The van der Waals surface area contributed by atoms with Gasteiger partial charge in [0.15, 0.2) is 0 Å². The highest BCUT2D eigenvalue weighted by Crippen LogP contribution is 2.32. The third kappa shape index (κ3) is 3.54. The average Bonchev–Trinajstić information content (AvgIpc) is 3.13. The summed E-state index contributed by atoms with van der Waals surface area (Å²) in [7, 11) is 0. The monoisotopic (exact) mass is 397 g/mol. The van der Waals surface area contributed by atoms with Gasteiger partial charge in [-0.15, -0.1) is 11.3 Å². The van der Waals surface area contributed by atoms with Crippen molar-refractivity contribution >= 4 is 33.5 Å². The van der Waals surface area contributed by atoms with Gasteiger partial charge in [-0.05, 0) is 32.3 Å². The van der Waals surface area contributed by atoms with Crippen molar-refractivity contribution < 1.29 is 9.53 Å². The Morgan fingerprint density at radius 1 is 1.43 bits per heavy atom. The van der Waals surface area contributed by atoms with Crippen LogP contribution in [0.25, 0.3) is 21.3 Å². The van der Waals surface area contributed by atoms with Crippen LogP contribution in [0.15, 0.2) is 34.4 Å². The van der Waals surface area contributed by atoms with Gasteiger partial charge in [0.1, 0.15) is 4.70 Å². The molecule has 0 spiro atoms. The van der Waals surface area contributed by atoms with Gasteiger partial charge in [-0.25, -0.2) is 4.98 Å². The van der Waals surface area contributed by atoms with Crippen molar-refractivity contribution in [2.75, 3.05) is 24.6 Å². The third-order valence-electron chi connectivity index (χ3n) is 5.08. The molecule has 2 aromatic heterocycles. The van der Waals surface area contributed by atoms with E-state index in [4.69, 9.17) is 9.72 Å². The predicted octanol–water partition coefficient (Wildman–Crippen LogP) is 3.74. The summed E-state index contributed by atoms with van der Waals surface area (Å²) in [5, 5.41) is 1.99. The summed E-state index contributed by atoms with van der Waals surface area (Å²) in [5.41, 5.74) is 3.76. The van der Waals surface area contributed by atoms with Gasteiger partial charge in [0.05, 0.1) is 18.0 Å². The third-order valence-corrected chi connectivity index (χ3v) is 6.05. The van der Waals surface area contributed by atoms with E-state index in [-0.39, 0.29) is 17.4 Å². The normalized spacial score (nSPS) is 17.1. The number of carbonyl (C=O) groups is 1. The molecule has 146 valence electrons. The molecule has 0 unspecified atom stereocenters. The number of H-pyrrole nitrogens is 1. The number of anilines is 1. The molecule has 1 saturated heterocycles. The molecular formula is C21H23N3O3S. The maximum Gasteiger partial charge on any atom is 0.310 e. The van der Waals surface area contributed by atoms with Crippen LogP contribution in [0.2, 0.25) is 0 Å². The van der Waals surface area contributed by atoms with Crippen LogP contribution in [-0.4, -0.2) is 35.6 Å². The Morgan fingerprint density at radius 3 is 3.07 bits per heavy atom. The topological polar surface area (TPSA) is 75.3 Å². The molecule has 1 atom stereocenters. The summed E-state index contributed by atoms with van der Waals surface area (Å²) in [6.45, 7) is 5.51. The summed E-state index contributed by atoms with van der Waals surface area (Å²) in [5.74, 6) is 0.166. The molecule has 1 fully saturated rings. The Labute approximate surface area is 167 Å². The quantitative estimate of drug-likeness (QED) is 0.679. The Kier molecular flexibility index (Phi) is 5.17.